The Labute approximate surface area is 148 Å². The second-order valence-electron chi connectivity index (χ2n) is 7.14. The van der Waals surface area contributed by atoms with Crippen molar-refractivity contribution in [2.45, 2.75) is 52.8 Å². The van der Waals surface area contributed by atoms with Gasteiger partial charge in [-0.1, -0.05) is 0 Å². The lowest BCUT2D eigenvalue weighted by atomic mass is 10.1. The van der Waals surface area contributed by atoms with Crippen LogP contribution in [0.5, 0.6) is 0 Å². The molecule has 2 aromatic rings. The molecular weight excluding hydrogens is 318 g/mol. The molecular formula is C18H27N5O2. The topological polar surface area (TPSA) is 71.8 Å². The van der Waals surface area contributed by atoms with Gasteiger partial charge in [0.25, 0.3) is 5.91 Å². The molecule has 25 heavy (non-hydrogen) atoms. The number of nitrogens with zero attached hydrogens (tertiary/aromatic N) is 4. The Morgan fingerprint density at radius 3 is 2.68 bits per heavy atom. The molecule has 0 aromatic carbocycles. The fraction of sp³-hybridized carbons (Fsp3) is 0.611. The van der Waals surface area contributed by atoms with Crippen molar-refractivity contribution in [1.82, 2.24) is 24.8 Å². The Balaban J connectivity index is 1.89. The normalized spacial score (nSPS) is 21.4. The van der Waals surface area contributed by atoms with Gasteiger partial charge in [-0.05, 0) is 40.7 Å². The molecule has 0 saturated carbocycles. The van der Waals surface area contributed by atoms with Gasteiger partial charge in [0.2, 0.25) is 0 Å². The highest BCUT2D eigenvalue weighted by atomic mass is 16.5. The van der Waals surface area contributed by atoms with Crippen LogP contribution in [0.4, 0.5) is 0 Å². The molecule has 7 heteroatoms. The third-order valence-electron chi connectivity index (χ3n) is 4.94. The van der Waals surface area contributed by atoms with E-state index in [1.165, 1.54) is 0 Å². The van der Waals surface area contributed by atoms with E-state index in [0.29, 0.717) is 22.9 Å². The number of hydrogen-bond acceptors (Lipinski definition) is 5. The number of ether oxygens (including phenoxy) is 1. The van der Waals surface area contributed by atoms with Gasteiger partial charge in [-0.3, -0.25) is 9.69 Å². The number of carbonyl (C=O) groups excluding carboxylic acids is 1. The van der Waals surface area contributed by atoms with Crippen molar-refractivity contribution in [3.63, 3.8) is 0 Å². The first-order valence-corrected chi connectivity index (χ1v) is 8.73. The highest BCUT2D eigenvalue weighted by Gasteiger charge is 2.36. The molecule has 1 amide bonds. The average molecular weight is 345 g/mol. The lowest BCUT2D eigenvalue weighted by Gasteiger charge is -2.20. The number of carbonyl (C=O) groups is 1. The van der Waals surface area contributed by atoms with Crippen molar-refractivity contribution in [2.24, 2.45) is 0 Å². The summed E-state index contributed by atoms with van der Waals surface area (Å²) in [6.07, 6.45) is -0.00933. The maximum Gasteiger partial charge on any atom is 0.257 e. The van der Waals surface area contributed by atoms with Gasteiger partial charge < -0.3 is 10.1 Å². The molecule has 2 aromatic heterocycles. The van der Waals surface area contributed by atoms with Crippen LogP contribution in [0.15, 0.2) is 6.07 Å². The number of amides is 1. The van der Waals surface area contributed by atoms with Crippen LogP contribution in [0.2, 0.25) is 0 Å². The van der Waals surface area contributed by atoms with E-state index in [0.717, 1.165) is 24.5 Å². The van der Waals surface area contributed by atoms with Gasteiger partial charge in [0.05, 0.1) is 17.8 Å². The molecule has 1 saturated heterocycles. The van der Waals surface area contributed by atoms with Crippen LogP contribution >= 0.6 is 0 Å². The molecule has 0 radical (unpaired) electrons. The zero-order valence-electron chi connectivity index (χ0n) is 15.8. The molecule has 0 aliphatic carbocycles. The van der Waals surface area contributed by atoms with Gasteiger partial charge in [-0.25, -0.2) is 9.50 Å². The van der Waals surface area contributed by atoms with Crippen LogP contribution in [0.3, 0.4) is 0 Å². The highest BCUT2D eigenvalue weighted by molar-refractivity contribution is 6.01. The van der Waals surface area contributed by atoms with Crippen molar-refractivity contribution in [3.05, 3.63) is 28.7 Å². The summed E-state index contributed by atoms with van der Waals surface area (Å²) in [7, 11) is 1.70. The Hall–Kier alpha value is -1.99. The maximum absolute atomic E-state index is 13.0. The van der Waals surface area contributed by atoms with Crippen LogP contribution in [0, 0.1) is 20.8 Å². The molecule has 0 bridgehead atoms. The standard InChI is InChI=1S/C18H27N5O2/c1-10(2)22-8-14(15(9-22)25-6)20-18(24)16-13(5)21-23-12(4)7-11(3)19-17(16)23/h7,10,14-15H,8-9H2,1-6H3,(H,20,24)/t14-,15-/m1/s1. The van der Waals surface area contributed by atoms with Crippen molar-refractivity contribution >= 4 is 11.6 Å². The second kappa shape index (κ2) is 6.72. The van der Waals surface area contributed by atoms with Crippen molar-refractivity contribution in [3.8, 4) is 0 Å². The molecule has 3 rings (SSSR count). The Morgan fingerprint density at radius 2 is 2.04 bits per heavy atom. The van der Waals surface area contributed by atoms with Gasteiger partial charge >= 0.3 is 0 Å². The second-order valence-corrected chi connectivity index (χ2v) is 7.14. The van der Waals surface area contributed by atoms with Crippen LogP contribution in [-0.2, 0) is 4.74 Å². The molecule has 3 heterocycles. The first-order valence-electron chi connectivity index (χ1n) is 8.73. The molecule has 0 spiro atoms. The summed E-state index contributed by atoms with van der Waals surface area (Å²) < 4.78 is 7.32. The van der Waals surface area contributed by atoms with E-state index in [1.807, 2.05) is 26.8 Å². The predicted octanol–water partition coefficient (Wildman–Crippen LogP) is 1.49. The zero-order chi connectivity index (χ0) is 18.3. The highest BCUT2D eigenvalue weighted by Crippen LogP contribution is 2.19. The van der Waals surface area contributed by atoms with E-state index in [4.69, 9.17) is 4.74 Å². The van der Waals surface area contributed by atoms with Crippen molar-refractivity contribution < 1.29 is 9.53 Å². The summed E-state index contributed by atoms with van der Waals surface area (Å²) >= 11 is 0. The quantitative estimate of drug-likeness (QED) is 0.909. The van der Waals surface area contributed by atoms with Crippen LogP contribution in [0.25, 0.3) is 5.65 Å². The number of fused-ring (bicyclic) bond motifs is 1. The molecule has 2 atom stereocenters. The monoisotopic (exact) mass is 345 g/mol. The smallest absolute Gasteiger partial charge is 0.257 e. The van der Waals surface area contributed by atoms with E-state index in [9.17, 15) is 4.79 Å². The minimum atomic E-state index is -0.136. The number of hydrogen-bond donors (Lipinski definition) is 1. The minimum Gasteiger partial charge on any atom is -0.378 e. The molecule has 1 fully saturated rings. The van der Waals surface area contributed by atoms with E-state index in [2.05, 4.69) is 34.1 Å². The number of aromatic nitrogens is 3. The molecule has 0 unspecified atom stereocenters. The van der Waals surface area contributed by atoms with Crippen LogP contribution in [-0.4, -0.2) is 63.8 Å². The van der Waals surface area contributed by atoms with Gasteiger partial charge in [0.15, 0.2) is 5.65 Å². The summed E-state index contributed by atoms with van der Waals surface area (Å²) in [4.78, 5) is 19.8. The maximum atomic E-state index is 13.0. The average Bonchev–Trinajstić information content (AvgIpc) is 3.08. The van der Waals surface area contributed by atoms with Gasteiger partial charge in [0.1, 0.15) is 5.56 Å². The predicted molar refractivity (Wildman–Crippen MR) is 96.0 cm³/mol. The fourth-order valence-corrected chi connectivity index (χ4v) is 3.54. The summed E-state index contributed by atoms with van der Waals surface area (Å²) in [6, 6.07) is 2.34. The summed E-state index contributed by atoms with van der Waals surface area (Å²) in [5, 5.41) is 7.62. The Kier molecular flexibility index (Phi) is 4.79. The van der Waals surface area contributed by atoms with E-state index in [1.54, 1.807) is 11.6 Å². The van der Waals surface area contributed by atoms with E-state index >= 15 is 0 Å². The lowest BCUT2D eigenvalue weighted by molar-refractivity contribution is 0.0753. The van der Waals surface area contributed by atoms with E-state index in [-0.39, 0.29) is 18.1 Å². The third kappa shape index (κ3) is 3.26. The van der Waals surface area contributed by atoms with Crippen molar-refractivity contribution in [1.29, 1.82) is 0 Å². The number of aryl methyl sites for hydroxylation is 3. The minimum absolute atomic E-state index is 0.00933. The first kappa shape index (κ1) is 17.8. The molecule has 1 aliphatic heterocycles. The fourth-order valence-electron chi connectivity index (χ4n) is 3.54. The van der Waals surface area contributed by atoms with E-state index < -0.39 is 0 Å². The number of methoxy groups -OCH3 is 1. The van der Waals surface area contributed by atoms with Gasteiger partial charge in [0, 0.05) is 37.6 Å². The third-order valence-corrected chi connectivity index (χ3v) is 4.94. The Morgan fingerprint density at radius 1 is 1.32 bits per heavy atom. The summed E-state index contributed by atoms with van der Waals surface area (Å²) in [5.41, 5.74) is 3.68. The van der Waals surface area contributed by atoms with Gasteiger partial charge in [-0.2, -0.15) is 5.10 Å². The molecule has 1 aliphatic rings. The Bertz CT molecular complexity index is 798. The first-order chi connectivity index (χ1) is 11.8. The molecule has 7 nitrogen and oxygen atoms in total. The molecule has 1 N–H and O–H groups in total. The zero-order valence-corrected chi connectivity index (χ0v) is 15.8. The van der Waals surface area contributed by atoms with Crippen LogP contribution in [0.1, 0.15) is 41.3 Å². The van der Waals surface area contributed by atoms with Gasteiger partial charge in [-0.15, -0.1) is 0 Å². The van der Waals surface area contributed by atoms with Crippen molar-refractivity contribution in [2.75, 3.05) is 20.2 Å². The molecule has 136 valence electrons. The number of rotatable bonds is 4. The van der Waals surface area contributed by atoms with Crippen LogP contribution < -0.4 is 5.32 Å². The number of nitrogens with one attached hydrogen (secondary N) is 1. The largest absolute Gasteiger partial charge is 0.378 e. The number of likely N-dealkylation sites (tertiary alicyclic amines) is 1. The lowest BCUT2D eigenvalue weighted by Crippen LogP contribution is -2.44. The SMILES string of the molecule is CO[C@@H]1CN(C(C)C)C[C@H]1NC(=O)c1c(C)nn2c(C)cc(C)nc12. The summed E-state index contributed by atoms with van der Waals surface area (Å²) in [6.45, 7) is 11.7. The summed E-state index contributed by atoms with van der Waals surface area (Å²) in [5.74, 6) is -0.136.